The highest BCUT2D eigenvalue weighted by Gasteiger charge is 2.49. The molecule has 3 unspecified atom stereocenters. The average molecular weight is 453 g/mol. The van der Waals surface area contributed by atoms with E-state index in [2.05, 4.69) is 28.0 Å². The summed E-state index contributed by atoms with van der Waals surface area (Å²) in [5.74, 6) is 0.641. The van der Waals surface area contributed by atoms with Crippen molar-refractivity contribution in [2.45, 2.75) is 38.3 Å². The molecular weight excluding hydrogens is 423 g/mol. The molecule has 31 heavy (non-hydrogen) atoms. The normalized spacial score (nSPS) is 32.3. The second-order valence-electron chi connectivity index (χ2n) is 9.18. The van der Waals surface area contributed by atoms with Gasteiger partial charge in [0.15, 0.2) is 6.61 Å². The van der Waals surface area contributed by atoms with Gasteiger partial charge in [0.2, 0.25) is 5.91 Å². The molecule has 0 spiro atoms. The summed E-state index contributed by atoms with van der Waals surface area (Å²) in [6.45, 7) is 3.49. The number of nitrogens with zero attached hydrogens (tertiary/aromatic N) is 1. The van der Waals surface area contributed by atoms with Crippen LogP contribution in [0.4, 0.5) is 4.39 Å². The number of amides is 2. The van der Waals surface area contributed by atoms with Crippen molar-refractivity contribution in [3.63, 3.8) is 0 Å². The SMILES string of the molecule is CC1NN(C)CC1CNC(=O)C1C[C@H](NC(=O)COc2ccc(Cl)c(F)c2)C2CC1C2. The summed E-state index contributed by atoms with van der Waals surface area (Å²) in [7, 11) is 2.01. The zero-order valence-corrected chi connectivity index (χ0v) is 18.6. The van der Waals surface area contributed by atoms with Gasteiger partial charge in [-0.2, -0.15) is 0 Å². The number of nitrogens with one attached hydrogen (secondary N) is 3. The molecule has 3 saturated carbocycles. The number of carbonyl (C=O) groups excluding carboxylic acids is 2. The van der Waals surface area contributed by atoms with Gasteiger partial charge in [0, 0.05) is 50.1 Å². The van der Waals surface area contributed by atoms with Gasteiger partial charge in [-0.1, -0.05) is 11.6 Å². The van der Waals surface area contributed by atoms with Gasteiger partial charge in [-0.05, 0) is 50.2 Å². The van der Waals surface area contributed by atoms with Crippen LogP contribution in [-0.2, 0) is 9.59 Å². The lowest BCUT2D eigenvalue weighted by molar-refractivity contribution is -0.136. The number of ether oxygens (including phenoxy) is 1. The van der Waals surface area contributed by atoms with Crippen LogP contribution in [0.25, 0.3) is 0 Å². The summed E-state index contributed by atoms with van der Waals surface area (Å²) >= 11 is 5.66. The van der Waals surface area contributed by atoms with Crippen LogP contribution in [0, 0.1) is 29.5 Å². The second kappa shape index (κ2) is 9.30. The summed E-state index contributed by atoms with van der Waals surface area (Å²) in [5.41, 5.74) is 3.34. The minimum Gasteiger partial charge on any atom is -0.484 e. The Labute approximate surface area is 187 Å². The number of halogens is 2. The quantitative estimate of drug-likeness (QED) is 0.589. The fourth-order valence-corrected chi connectivity index (χ4v) is 5.22. The molecule has 5 rings (SSSR count). The fourth-order valence-electron chi connectivity index (χ4n) is 5.11. The van der Waals surface area contributed by atoms with Crippen molar-refractivity contribution in [3.8, 4) is 5.75 Å². The number of hydrazine groups is 1. The summed E-state index contributed by atoms with van der Waals surface area (Å²) in [6.07, 6.45) is 2.59. The van der Waals surface area contributed by atoms with Gasteiger partial charge in [-0.25, -0.2) is 9.40 Å². The highest BCUT2D eigenvalue weighted by molar-refractivity contribution is 6.30. The van der Waals surface area contributed by atoms with Gasteiger partial charge >= 0.3 is 0 Å². The van der Waals surface area contributed by atoms with Crippen molar-refractivity contribution in [3.05, 3.63) is 29.0 Å². The van der Waals surface area contributed by atoms with E-state index in [1.165, 1.54) is 12.1 Å². The van der Waals surface area contributed by atoms with E-state index in [4.69, 9.17) is 16.3 Å². The standard InChI is InChI=1S/C22H30ClFN4O3/c1-12-15(10-28(2)27-12)9-25-22(30)17-8-20(14-5-13(17)6-14)26-21(29)11-31-16-3-4-18(23)19(24)7-16/h3-4,7,12-15,17,20,27H,5-6,8-11H2,1-2H3,(H,25,30)(H,26,29)/t12?,13?,14?,15?,17?,20-/m0/s1. The maximum Gasteiger partial charge on any atom is 0.258 e. The Hall–Kier alpha value is -1.90. The third-order valence-electron chi connectivity index (χ3n) is 6.98. The molecule has 3 aliphatic carbocycles. The van der Waals surface area contributed by atoms with Crippen LogP contribution in [0.5, 0.6) is 5.75 Å². The van der Waals surface area contributed by atoms with Crippen molar-refractivity contribution in [1.29, 1.82) is 0 Å². The predicted molar refractivity (Wildman–Crippen MR) is 115 cm³/mol. The summed E-state index contributed by atoms with van der Waals surface area (Å²) in [4.78, 5) is 25.2. The van der Waals surface area contributed by atoms with Crippen molar-refractivity contribution >= 4 is 23.4 Å². The molecule has 4 aliphatic rings. The highest BCUT2D eigenvalue weighted by atomic mass is 35.5. The minimum atomic E-state index is -0.587. The molecule has 0 aromatic heterocycles. The largest absolute Gasteiger partial charge is 0.484 e. The van der Waals surface area contributed by atoms with E-state index < -0.39 is 5.82 Å². The Morgan fingerprint density at radius 3 is 2.74 bits per heavy atom. The fraction of sp³-hybridized carbons (Fsp3) is 0.636. The van der Waals surface area contributed by atoms with Crippen LogP contribution in [0.1, 0.15) is 26.2 Å². The topological polar surface area (TPSA) is 82.7 Å². The van der Waals surface area contributed by atoms with Crippen LogP contribution in [0.3, 0.4) is 0 Å². The van der Waals surface area contributed by atoms with Crippen LogP contribution in [0.2, 0.25) is 5.02 Å². The second-order valence-corrected chi connectivity index (χ2v) is 9.58. The first-order valence-electron chi connectivity index (χ1n) is 10.9. The zero-order chi connectivity index (χ0) is 22.1. The van der Waals surface area contributed by atoms with Crippen molar-refractivity contribution in [1.82, 2.24) is 21.1 Å². The number of fused-ring (bicyclic) bond motifs is 2. The summed E-state index contributed by atoms with van der Waals surface area (Å²) in [5, 5.41) is 8.23. The van der Waals surface area contributed by atoms with E-state index >= 15 is 0 Å². The van der Waals surface area contributed by atoms with E-state index in [0.29, 0.717) is 36.8 Å². The number of carbonyl (C=O) groups is 2. The third kappa shape index (κ3) is 5.13. The molecule has 1 saturated heterocycles. The Balaban J connectivity index is 1.24. The van der Waals surface area contributed by atoms with Crippen molar-refractivity contribution in [2.24, 2.45) is 23.7 Å². The zero-order valence-electron chi connectivity index (χ0n) is 17.9. The van der Waals surface area contributed by atoms with E-state index in [0.717, 1.165) is 25.5 Å². The first-order chi connectivity index (χ1) is 14.8. The van der Waals surface area contributed by atoms with Gasteiger partial charge in [-0.15, -0.1) is 0 Å². The maximum atomic E-state index is 13.5. The lowest BCUT2D eigenvalue weighted by Gasteiger charge is -2.50. The molecule has 9 heteroatoms. The van der Waals surface area contributed by atoms with Crippen molar-refractivity contribution < 1.29 is 18.7 Å². The molecule has 2 amide bonds. The smallest absolute Gasteiger partial charge is 0.258 e. The number of hydrogen-bond acceptors (Lipinski definition) is 5. The maximum absolute atomic E-state index is 13.5. The van der Waals surface area contributed by atoms with E-state index in [1.54, 1.807) is 0 Å². The van der Waals surface area contributed by atoms with Gasteiger partial charge in [0.05, 0.1) is 5.02 Å². The number of hydrogen-bond donors (Lipinski definition) is 3. The molecule has 1 aromatic carbocycles. The molecule has 1 heterocycles. The molecule has 1 aliphatic heterocycles. The van der Waals surface area contributed by atoms with E-state index in [1.807, 2.05) is 7.05 Å². The third-order valence-corrected chi connectivity index (χ3v) is 7.29. The average Bonchev–Trinajstić information content (AvgIpc) is 3.03. The predicted octanol–water partition coefficient (Wildman–Crippen LogP) is 1.96. The van der Waals surface area contributed by atoms with Crippen LogP contribution in [0.15, 0.2) is 18.2 Å². The van der Waals surface area contributed by atoms with E-state index in [-0.39, 0.29) is 41.2 Å². The molecule has 0 radical (unpaired) electrons. The van der Waals surface area contributed by atoms with Gasteiger partial charge in [0.25, 0.3) is 5.91 Å². The van der Waals surface area contributed by atoms with E-state index in [9.17, 15) is 14.0 Å². The molecule has 2 bridgehead atoms. The molecule has 4 fully saturated rings. The highest BCUT2D eigenvalue weighted by Crippen LogP contribution is 2.49. The minimum absolute atomic E-state index is 0.00790. The summed E-state index contributed by atoms with van der Waals surface area (Å²) in [6, 6.07) is 4.38. The number of benzene rings is 1. The molecule has 1 aromatic rings. The molecule has 4 atom stereocenters. The van der Waals surface area contributed by atoms with Crippen molar-refractivity contribution in [2.75, 3.05) is 26.7 Å². The first kappa shape index (κ1) is 22.3. The van der Waals surface area contributed by atoms with Gasteiger partial charge < -0.3 is 15.4 Å². The Morgan fingerprint density at radius 2 is 2.06 bits per heavy atom. The molecule has 3 N–H and O–H groups in total. The van der Waals surface area contributed by atoms with Gasteiger partial charge in [-0.3, -0.25) is 15.0 Å². The first-order valence-corrected chi connectivity index (χ1v) is 11.3. The number of rotatable bonds is 7. The van der Waals surface area contributed by atoms with Crippen LogP contribution in [-0.4, -0.2) is 55.7 Å². The Kier molecular flexibility index (Phi) is 6.69. The monoisotopic (exact) mass is 452 g/mol. The lowest BCUT2D eigenvalue weighted by Crippen LogP contribution is -2.57. The molecular formula is C22H30ClFN4O3. The lowest BCUT2D eigenvalue weighted by atomic mass is 9.57. The molecule has 170 valence electrons. The van der Waals surface area contributed by atoms with Crippen LogP contribution >= 0.6 is 11.6 Å². The van der Waals surface area contributed by atoms with Gasteiger partial charge in [0.1, 0.15) is 11.6 Å². The molecule has 7 nitrogen and oxygen atoms in total. The Bertz CT molecular complexity index is 835. The van der Waals surface area contributed by atoms with Crippen LogP contribution < -0.4 is 20.8 Å². The Morgan fingerprint density at radius 1 is 1.29 bits per heavy atom. The summed E-state index contributed by atoms with van der Waals surface area (Å²) < 4.78 is 18.9.